The lowest BCUT2D eigenvalue weighted by Crippen LogP contribution is -2.41. The molecule has 21 heavy (non-hydrogen) atoms. The standard InChI is InChI=1S/C15H22N2O4/c1-21-13(10-14(18)19)11-17-15(20)16-9-5-8-12-6-3-2-4-7-12/h2-4,6-7,13H,5,8-11H2,1H3,(H,18,19)(H2,16,17,20). The van der Waals surface area contributed by atoms with E-state index in [1.807, 2.05) is 18.2 Å². The molecular weight excluding hydrogens is 272 g/mol. The first-order valence-electron chi connectivity index (χ1n) is 6.92. The zero-order valence-electron chi connectivity index (χ0n) is 12.2. The molecule has 0 aliphatic rings. The number of amides is 2. The summed E-state index contributed by atoms with van der Waals surface area (Å²) in [7, 11) is 1.42. The van der Waals surface area contributed by atoms with Crippen LogP contribution in [0, 0.1) is 0 Å². The summed E-state index contributed by atoms with van der Waals surface area (Å²) in [6.45, 7) is 0.741. The van der Waals surface area contributed by atoms with Gasteiger partial charge >= 0.3 is 12.0 Å². The predicted octanol–water partition coefficient (Wildman–Crippen LogP) is 1.41. The Kier molecular flexibility index (Phi) is 7.89. The number of carbonyl (C=O) groups is 2. The Morgan fingerprint density at radius 3 is 2.57 bits per heavy atom. The fraction of sp³-hybridized carbons (Fsp3) is 0.467. The third-order valence-corrected chi connectivity index (χ3v) is 3.00. The van der Waals surface area contributed by atoms with Crippen molar-refractivity contribution >= 4 is 12.0 Å². The Balaban J connectivity index is 2.12. The van der Waals surface area contributed by atoms with Gasteiger partial charge in [-0.25, -0.2) is 4.79 Å². The van der Waals surface area contributed by atoms with E-state index in [0.717, 1.165) is 12.8 Å². The number of rotatable bonds is 9. The molecule has 0 saturated carbocycles. The van der Waals surface area contributed by atoms with Crippen LogP contribution in [0.1, 0.15) is 18.4 Å². The highest BCUT2D eigenvalue weighted by atomic mass is 16.5. The topological polar surface area (TPSA) is 87.7 Å². The minimum absolute atomic E-state index is 0.134. The van der Waals surface area contributed by atoms with Crippen molar-refractivity contribution in [3.8, 4) is 0 Å². The van der Waals surface area contributed by atoms with Gasteiger partial charge in [0.15, 0.2) is 0 Å². The van der Waals surface area contributed by atoms with Gasteiger partial charge < -0.3 is 20.5 Å². The van der Waals surface area contributed by atoms with Crippen LogP contribution in [-0.4, -0.2) is 43.4 Å². The van der Waals surface area contributed by atoms with Gasteiger partial charge in [0.25, 0.3) is 0 Å². The molecule has 0 aliphatic carbocycles. The average Bonchev–Trinajstić information content (AvgIpc) is 2.48. The average molecular weight is 294 g/mol. The Hall–Kier alpha value is -2.08. The van der Waals surface area contributed by atoms with Crippen LogP contribution >= 0.6 is 0 Å². The van der Waals surface area contributed by atoms with Crippen LogP contribution in [0.3, 0.4) is 0 Å². The Morgan fingerprint density at radius 1 is 1.24 bits per heavy atom. The number of aryl methyl sites for hydroxylation is 1. The third kappa shape index (κ3) is 7.94. The van der Waals surface area contributed by atoms with Crippen LogP contribution in [0.2, 0.25) is 0 Å². The third-order valence-electron chi connectivity index (χ3n) is 3.00. The molecule has 6 heteroatoms. The highest BCUT2D eigenvalue weighted by Gasteiger charge is 2.13. The van der Waals surface area contributed by atoms with E-state index >= 15 is 0 Å². The van der Waals surface area contributed by atoms with E-state index in [0.29, 0.717) is 6.54 Å². The van der Waals surface area contributed by atoms with E-state index in [1.54, 1.807) is 0 Å². The maximum atomic E-state index is 11.5. The molecule has 0 aliphatic heterocycles. The summed E-state index contributed by atoms with van der Waals surface area (Å²) in [5, 5.41) is 14.0. The van der Waals surface area contributed by atoms with E-state index in [1.165, 1.54) is 12.7 Å². The summed E-state index contributed by atoms with van der Waals surface area (Å²) in [5.41, 5.74) is 1.24. The lowest BCUT2D eigenvalue weighted by atomic mass is 10.1. The second kappa shape index (κ2) is 9.77. The first-order valence-corrected chi connectivity index (χ1v) is 6.92. The highest BCUT2D eigenvalue weighted by Crippen LogP contribution is 2.01. The van der Waals surface area contributed by atoms with Crippen molar-refractivity contribution in [3.63, 3.8) is 0 Å². The molecule has 6 nitrogen and oxygen atoms in total. The number of hydrogen-bond acceptors (Lipinski definition) is 3. The maximum Gasteiger partial charge on any atom is 0.314 e. The molecule has 0 radical (unpaired) electrons. The molecule has 0 saturated heterocycles. The van der Waals surface area contributed by atoms with Gasteiger partial charge in [-0.3, -0.25) is 4.79 Å². The number of aliphatic carboxylic acids is 1. The van der Waals surface area contributed by atoms with Crippen LogP contribution in [0.5, 0.6) is 0 Å². The molecule has 116 valence electrons. The normalized spacial score (nSPS) is 11.7. The molecule has 1 atom stereocenters. The van der Waals surface area contributed by atoms with E-state index in [4.69, 9.17) is 9.84 Å². The predicted molar refractivity (Wildman–Crippen MR) is 79.2 cm³/mol. The second-order valence-electron chi connectivity index (χ2n) is 4.68. The fourth-order valence-electron chi connectivity index (χ4n) is 1.84. The SMILES string of the molecule is COC(CNC(=O)NCCCc1ccccc1)CC(=O)O. The molecule has 0 fully saturated rings. The van der Waals surface area contributed by atoms with Crippen LogP contribution in [0.25, 0.3) is 0 Å². The number of benzene rings is 1. The van der Waals surface area contributed by atoms with Gasteiger partial charge in [-0.05, 0) is 18.4 Å². The molecule has 1 rings (SSSR count). The zero-order chi connectivity index (χ0) is 15.5. The molecule has 3 N–H and O–H groups in total. The molecule has 0 bridgehead atoms. The van der Waals surface area contributed by atoms with Gasteiger partial charge in [0.1, 0.15) is 0 Å². The Labute approximate surface area is 124 Å². The Bertz CT molecular complexity index is 437. The number of carbonyl (C=O) groups excluding carboxylic acids is 1. The summed E-state index contributed by atoms with van der Waals surface area (Å²) in [6.07, 6.45) is 1.10. The van der Waals surface area contributed by atoms with Gasteiger partial charge in [-0.2, -0.15) is 0 Å². The van der Waals surface area contributed by atoms with E-state index < -0.39 is 12.1 Å². The minimum atomic E-state index is -0.952. The zero-order valence-corrected chi connectivity index (χ0v) is 12.2. The van der Waals surface area contributed by atoms with Crippen molar-refractivity contribution < 1.29 is 19.4 Å². The fourth-order valence-corrected chi connectivity index (χ4v) is 1.84. The van der Waals surface area contributed by atoms with E-state index in [-0.39, 0.29) is 19.0 Å². The number of ether oxygens (including phenoxy) is 1. The molecular formula is C15H22N2O4. The first kappa shape index (κ1) is 17.0. The van der Waals surface area contributed by atoms with Gasteiger partial charge in [-0.15, -0.1) is 0 Å². The van der Waals surface area contributed by atoms with Crippen molar-refractivity contribution in [2.24, 2.45) is 0 Å². The van der Waals surface area contributed by atoms with Crippen LogP contribution in [0.4, 0.5) is 4.79 Å². The quantitative estimate of drug-likeness (QED) is 0.601. The monoisotopic (exact) mass is 294 g/mol. The minimum Gasteiger partial charge on any atom is -0.481 e. The summed E-state index contributed by atoms with van der Waals surface area (Å²) in [6, 6.07) is 9.74. The maximum absolute atomic E-state index is 11.5. The number of carboxylic acid groups (broad SMARTS) is 1. The molecule has 1 aromatic rings. The lowest BCUT2D eigenvalue weighted by molar-refractivity contribution is -0.139. The van der Waals surface area contributed by atoms with Crippen molar-refractivity contribution in [3.05, 3.63) is 35.9 Å². The second-order valence-corrected chi connectivity index (χ2v) is 4.68. The van der Waals surface area contributed by atoms with Gasteiger partial charge in [-0.1, -0.05) is 30.3 Å². The van der Waals surface area contributed by atoms with Crippen LogP contribution in [-0.2, 0) is 16.0 Å². The number of hydrogen-bond donors (Lipinski definition) is 3. The summed E-state index contributed by atoms with van der Waals surface area (Å²) < 4.78 is 4.97. The van der Waals surface area contributed by atoms with Crippen molar-refractivity contribution in [1.82, 2.24) is 10.6 Å². The van der Waals surface area contributed by atoms with Gasteiger partial charge in [0, 0.05) is 20.2 Å². The Morgan fingerprint density at radius 2 is 1.95 bits per heavy atom. The van der Waals surface area contributed by atoms with Crippen molar-refractivity contribution in [1.29, 1.82) is 0 Å². The summed E-state index contributed by atoms with van der Waals surface area (Å²) in [5.74, 6) is -0.952. The molecule has 0 aromatic heterocycles. The first-order chi connectivity index (χ1) is 10.1. The molecule has 1 aromatic carbocycles. The number of carboxylic acids is 1. The van der Waals surface area contributed by atoms with Crippen LogP contribution < -0.4 is 10.6 Å². The highest BCUT2D eigenvalue weighted by molar-refractivity contribution is 5.74. The summed E-state index contributed by atoms with van der Waals surface area (Å²) in [4.78, 5) is 22.1. The van der Waals surface area contributed by atoms with Crippen molar-refractivity contribution in [2.75, 3.05) is 20.2 Å². The molecule has 2 amide bonds. The summed E-state index contributed by atoms with van der Waals surface area (Å²) >= 11 is 0. The molecule has 1 unspecified atom stereocenters. The van der Waals surface area contributed by atoms with Crippen LogP contribution in [0.15, 0.2) is 30.3 Å². The molecule has 0 spiro atoms. The van der Waals surface area contributed by atoms with E-state index in [9.17, 15) is 9.59 Å². The number of nitrogens with one attached hydrogen (secondary N) is 2. The van der Waals surface area contributed by atoms with Gasteiger partial charge in [0.05, 0.1) is 12.5 Å². The smallest absolute Gasteiger partial charge is 0.314 e. The number of methoxy groups -OCH3 is 1. The van der Waals surface area contributed by atoms with E-state index in [2.05, 4.69) is 22.8 Å². The number of urea groups is 1. The lowest BCUT2D eigenvalue weighted by Gasteiger charge is -2.14. The molecule has 0 heterocycles. The largest absolute Gasteiger partial charge is 0.481 e. The van der Waals surface area contributed by atoms with Gasteiger partial charge in [0.2, 0.25) is 0 Å². The van der Waals surface area contributed by atoms with Crippen molar-refractivity contribution in [2.45, 2.75) is 25.4 Å².